The van der Waals surface area contributed by atoms with Gasteiger partial charge in [-0.05, 0) is 48.0 Å². The van der Waals surface area contributed by atoms with Gasteiger partial charge in [0.25, 0.3) is 5.91 Å². The highest BCUT2D eigenvalue weighted by Crippen LogP contribution is 2.47. The molecule has 2 aliphatic rings. The van der Waals surface area contributed by atoms with Gasteiger partial charge < -0.3 is 5.11 Å². The first-order chi connectivity index (χ1) is 14.5. The van der Waals surface area contributed by atoms with Crippen LogP contribution in [0.3, 0.4) is 0 Å². The number of para-hydroxylation sites is 1. The van der Waals surface area contributed by atoms with Crippen LogP contribution in [0.1, 0.15) is 11.6 Å². The van der Waals surface area contributed by atoms with Crippen molar-refractivity contribution in [3.63, 3.8) is 0 Å². The van der Waals surface area contributed by atoms with E-state index in [1.807, 2.05) is 30.3 Å². The Morgan fingerprint density at radius 1 is 0.833 bits per heavy atom. The Labute approximate surface area is 177 Å². The first kappa shape index (κ1) is 18.7. The van der Waals surface area contributed by atoms with Crippen LogP contribution in [0.5, 0.6) is 5.75 Å². The second kappa shape index (κ2) is 7.16. The molecule has 2 amide bonds. The van der Waals surface area contributed by atoms with Crippen LogP contribution < -0.4 is 9.96 Å². The van der Waals surface area contributed by atoms with Gasteiger partial charge in [-0.15, -0.1) is 0 Å². The summed E-state index contributed by atoms with van der Waals surface area (Å²) in [5.41, 5.74) is 1.92. The molecule has 5 rings (SSSR count). The number of anilines is 2. The normalized spacial score (nSPS) is 23.2. The molecular weight excluding hydrogens is 404 g/mol. The number of phenolic OH excluding ortho intramolecular Hbond substituents is 1. The lowest BCUT2D eigenvalue weighted by molar-refractivity contribution is -0.126. The molecular formula is C23H17ClN2O4. The Morgan fingerprint density at radius 2 is 1.53 bits per heavy atom. The Kier molecular flexibility index (Phi) is 4.46. The molecule has 0 radical (unpaired) electrons. The van der Waals surface area contributed by atoms with Crippen LogP contribution in [0.4, 0.5) is 11.4 Å². The minimum atomic E-state index is -0.949. The van der Waals surface area contributed by atoms with Gasteiger partial charge in [-0.1, -0.05) is 48.0 Å². The van der Waals surface area contributed by atoms with E-state index in [-0.39, 0.29) is 11.7 Å². The number of amides is 2. The number of imide groups is 1. The molecule has 0 bridgehead atoms. The number of halogens is 1. The van der Waals surface area contributed by atoms with E-state index in [4.69, 9.17) is 16.4 Å². The number of phenols is 1. The van der Waals surface area contributed by atoms with Crippen molar-refractivity contribution < 1.29 is 19.5 Å². The summed E-state index contributed by atoms with van der Waals surface area (Å²) in [6.45, 7) is 0. The third-order valence-corrected chi connectivity index (χ3v) is 5.66. The van der Waals surface area contributed by atoms with E-state index in [0.717, 1.165) is 16.2 Å². The van der Waals surface area contributed by atoms with Crippen molar-refractivity contribution in [2.24, 2.45) is 5.92 Å². The van der Waals surface area contributed by atoms with Crippen molar-refractivity contribution in [2.45, 2.75) is 12.1 Å². The van der Waals surface area contributed by atoms with Crippen molar-refractivity contribution in [3.8, 4) is 5.75 Å². The summed E-state index contributed by atoms with van der Waals surface area (Å²) in [6, 6.07) is 22.0. The van der Waals surface area contributed by atoms with Gasteiger partial charge in [0, 0.05) is 5.02 Å². The lowest BCUT2D eigenvalue weighted by atomic mass is 9.90. The molecule has 2 heterocycles. The minimum absolute atomic E-state index is 0.120. The SMILES string of the molecule is O=C1C2ON(c3ccccc3)C(c3ccc(O)cc3)C2C(=O)N1c1cccc(Cl)c1. The molecule has 1 N–H and O–H groups in total. The lowest BCUT2D eigenvalue weighted by Crippen LogP contribution is -2.37. The maximum Gasteiger partial charge on any atom is 0.266 e. The van der Waals surface area contributed by atoms with E-state index in [2.05, 4.69) is 0 Å². The van der Waals surface area contributed by atoms with Gasteiger partial charge in [-0.2, -0.15) is 0 Å². The second-order valence-electron chi connectivity index (χ2n) is 7.24. The minimum Gasteiger partial charge on any atom is -0.508 e. The summed E-state index contributed by atoms with van der Waals surface area (Å²) in [6.07, 6.45) is -0.949. The molecule has 150 valence electrons. The molecule has 0 saturated carbocycles. The van der Waals surface area contributed by atoms with Crippen molar-refractivity contribution >= 4 is 34.8 Å². The van der Waals surface area contributed by atoms with Crippen molar-refractivity contribution in [1.82, 2.24) is 0 Å². The highest BCUT2D eigenvalue weighted by Gasteiger charge is 2.60. The van der Waals surface area contributed by atoms with Gasteiger partial charge in [-0.3, -0.25) is 14.4 Å². The number of nitrogens with zero attached hydrogens (tertiary/aromatic N) is 2. The van der Waals surface area contributed by atoms with Gasteiger partial charge >= 0.3 is 0 Å². The Hall–Kier alpha value is -3.35. The Morgan fingerprint density at radius 3 is 2.23 bits per heavy atom. The highest BCUT2D eigenvalue weighted by molar-refractivity contribution is 6.31. The largest absolute Gasteiger partial charge is 0.508 e. The second-order valence-corrected chi connectivity index (χ2v) is 7.68. The summed E-state index contributed by atoms with van der Waals surface area (Å²) in [4.78, 5) is 33.8. The van der Waals surface area contributed by atoms with Crippen LogP contribution in [0.2, 0.25) is 5.02 Å². The first-order valence-electron chi connectivity index (χ1n) is 9.48. The zero-order valence-electron chi connectivity index (χ0n) is 15.7. The number of rotatable bonds is 3. The van der Waals surface area contributed by atoms with Crippen LogP contribution in [0.15, 0.2) is 78.9 Å². The summed E-state index contributed by atoms with van der Waals surface area (Å²) >= 11 is 6.07. The molecule has 3 aromatic carbocycles. The quantitative estimate of drug-likeness (QED) is 0.646. The molecule has 3 aromatic rings. The van der Waals surface area contributed by atoms with Crippen LogP contribution in [-0.2, 0) is 14.4 Å². The van der Waals surface area contributed by atoms with E-state index < -0.39 is 24.0 Å². The molecule has 0 aromatic heterocycles. The molecule has 0 aliphatic carbocycles. The van der Waals surface area contributed by atoms with E-state index >= 15 is 0 Å². The van der Waals surface area contributed by atoms with Crippen molar-refractivity contribution in [3.05, 3.63) is 89.4 Å². The summed E-state index contributed by atoms with van der Waals surface area (Å²) in [5, 5.41) is 11.7. The van der Waals surface area contributed by atoms with Crippen LogP contribution >= 0.6 is 11.6 Å². The highest BCUT2D eigenvalue weighted by atomic mass is 35.5. The fraction of sp³-hybridized carbons (Fsp3) is 0.130. The first-order valence-corrected chi connectivity index (χ1v) is 9.86. The van der Waals surface area contributed by atoms with Crippen molar-refractivity contribution in [2.75, 3.05) is 9.96 Å². The number of hydrogen-bond donors (Lipinski definition) is 1. The number of fused-ring (bicyclic) bond motifs is 1. The predicted molar refractivity (Wildman–Crippen MR) is 112 cm³/mol. The zero-order valence-corrected chi connectivity index (χ0v) is 16.4. The van der Waals surface area contributed by atoms with Crippen molar-refractivity contribution in [1.29, 1.82) is 0 Å². The van der Waals surface area contributed by atoms with Gasteiger partial charge in [-0.25, -0.2) is 9.96 Å². The summed E-state index contributed by atoms with van der Waals surface area (Å²) in [7, 11) is 0. The number of carbonyl (C=O) groups is 2. The van der Waals surface area contributed by atoms with E-state index in [1.54, 1.807) is 53.6 Å². The molecule has 2 saturated heterocycles. The van der Waals surface area contributed by atoms with Crippen LogP contribution in [-0.4, -0.2) is 23.0 Å². The fourth-order valence-corrected chi connectivity index (χ4v) is 4.28. The number of aromatic hydroxyl groups is 1. The van der Waals surface area contributed by atoms with Crippen LogP contribution in [0, 0.1) is 5.92 Å². The molecule has 2 aliphatic heterocycles. The van der Waals surface area contributed by atoms with Gasteiger partial charge in [0.05, 0.1) is 17.4 Å². The molecule has 3 atom stereocenters. The number of hydroxylamine groups is 1. The summed E-state index contributed by atoms with van der Waals surface area (Å²) < 4.78 is 0. The molecule has 30 heavy (non-hydrogen) atoms. The molecule has 7 heteroatoms. The van der Waals surface area contributed by atoms with Gasteiger partial charge in [0.1, 0.15) is 11.7 Å². The van der Waals surface area contributed by atoms with Gasteiger partial charge in [0.15, 0.2) is 6.10 Å². The number of hydrogen-bond acceptors (Lipinski definition) is 5. The molecule has 0 spiro atoms. The Balaban J connectivity index is 1.59. The average molecular weight is 421 g/mol. The average Bonchev–Trinajstić information content (AvgIpc) is 3.26. The summed E-state index contributed by atoms with van der Waals surface area (Å²) in [5.74, 6) is -1.38. The predicted octanol–water partition coefficient (Wildman–Crippen LogP) is 4.10. The van der Waals surface area contributed by atoms with E-state index in [1.165, 1.54) is 0 Å². The third kappa shape index (κ3) is 2.93. The monoisotopic (exact) mass is 420 g/mol. The van der Waals surface area contributed by atoms with Gasteiger partial charge in [0.2, 0.25) is 5.91 Å². The third-order valence-electron chi connectivity index (χ3n) is 5.43. The molecule has 2 fully saturated rings. The van der Waals surface area contributed by atoms with E-state index in [9.17, 15) is 14.7 Å². The maximum atomic E-state index is 13.4. The van der Waals surface area contributed by atoms with Crippen LogP contribution in [0.25, 0.3) is 0 Å². The fourth-order valence-electron chi connectivity index (χ4n) is 4.09. The maximum absolute atomic E-state index is 13.4. The lowest BCUT2D eigenvalue weighted by Gasteiger charge is -2.28. The zero-order chi connectivity index (χ0) is 20.8. The van der Waals surface area contributed by atoms with E-state index in [0.29, 0.717) is 10.7 Å². The molecule has 6 nitrogen and oxygen atoms in total. The smallest absolute Gasteiger partial charge is 0.266 e. The Bertz CT molecular complexity index is 1120. The number of benzene rings is 3. The topological polar surface area (TPSA) is 70.1 Å². The standard InChI is InChI=1S/C23H17ClN2O4/c24-15-5-4-8-17(13-15)25-22(28)19-20(14-9-11-18(27)12-10-14)26(30-21(19)23(25)29)16-6-2-1-3-7-16/h1-13,19-21,27H. The number of carbonyl (C=O) groups excluding carboxylic acids is 2. The molecule has 3 unspecified atom stereocenters.